The van der Waals surface area contributed by atoms with Gasteiger partial charge >= 0.3 is 5.97 Å². The Morgan fingerprint density at radius 1 is 1.40 bits per heavy atom. The van der Waals surface area contributed by atoms with Crippen LogP contribution in [0, 0.1) is 23.2 Å². The molecule has 20 heavy (non-hydrogen) atoms. The summed E-state index contributed by atoms with van der Waals surface area (Å²) in [7, 11) is 0. The van der Waals surface area contributed by atoms with Gasteiger partial charge in [-0.25, -0.2) is 0 Å². The zero-order valence-corrected chi connectivity index (χ0v) is 13.4. The quantitative estimate of drug-likeness (QED) is 0.570. The fourth-order valence-corrected chi connectivity index (χ4v) is 3.80. The van der Waals surface area contributed by atoms with Crippen molar-refractivity contribution in [3.05, 3.63) is 23.0 Å². The lowest BCUT2D eigenvalue weighted by Crippen LogP contribution is -2.53. The molecule has 1 aliphatic heterocycles. The Morgan fingerprint density at radius 3 is 2.60 bits per heavy atom. The first-order valence-electron chi connectivity index (χ1n) is 7.41. The summed E-state index contributed by atoms with van der Waals surface area (Å²) in [5.74, 6) is 1.99. The van der Waals surface area contributed by atoms with E-state index in [2.05, 4.69) is 40.7 Å². The third kappa shape index (κ3) is 2.27. The Labute approximate surface area is 122 Å². The number of carbonyl (C=O) groups is 1. The lowest BCUT2D eigenvalue weighted by molar-refractivity contribution is -0.155. The second-order valence-corrected chi connectivity index (χ2v) is 6.63. The number of esters is 1. The highest BCUT2D eigenvalue weighted by atomic mass is 16.5. The lowest BCUT2D eigenvalue weighted by Gasteiger charge is -2.53. The van der Waals surface area contributed by atoms with Crippen molar-refractivity contribution in [1.82, 2.24) is 0 Å². The zero-order valence-electron chi connectivity index (χ0n) is 13.4. The smallest absolute Gasteiger partial charge is 0.302 e. The van der Waals surface area contributed by atoms with Crippen LogP contribution in [0.4, 0.5) is 0 Å². The molecule has 3 heteroatoms. The van der Waals surface area contributed by atoms with Gasteiger partial charge in [0.2, 0.25) is 0 Å². The Balaban J connectivity index is 2.41. The summed E-state index contributed by atoms with van der Waals surface area (Å²) >= 11 is 0. The first kappa shape index (κ1) is 15.1. The van der Waals surface area contributed by atoms with E-state index in [1.165, 1.54) is 18.1 Å². The Morgan fingerprint density at radius 2 is 2.05 bits per heavy atom. The van der Waals surface area contributed by atoms with E-state index in [9.17, 15) is 4.79 Å². The van der Waals surface area contributed by atoms with Crippen LogP contribution >= 0.6 is 0 Å². The molecule has 112 valence electrons. The van der Waals surface area contributed by atoms with Crippen LogP contribution in [0.5, 0.6) is 0 Å². The third-order valence-corrected chi connectivity index (χ3v) is 5.13. The minimum Gasteiger partial charge on any atom is -0.497 e. The van der Waals surface area contributed by atoms with E-state index in [1.54, 1.807) is 0 Å². The number of carbonyl (C=O) groups excluding carboxylic acids is 1. The number of fused-ring (bicyclic) bond motifs is 2. The molecule has 0 radical (unpaired) electrons. The minimum atomic E-state index is -0.213. The molecular formula is C17H26O3. The molecule has 0 aromatic heterocycles. The highest BCUT2D eigenvalue weighted by Crippen LogP contribution is 2.54. The molecule has 0 aromatic carbocycles. The number of allylic oxidation sites excluding steroid dienone is 3. The highest BCUT2D eigenvalue weighted by molar-refractivity contribution is 5.66. The van der Waals surface area contributed by atoms with E-state index < -0.39 is 0 Å². The van der Waals surface area contributed by atoms with Crippen LogP contribution in [-0.2, 0) is 14.3 Å². The molecule has 0 N–H and O–H groups in total. The maximum atomic E-state index is 11.2. The van der Waals surface area contributed by atoms with Gasteiger partial charge in [0.15, 0.2) is 0 Å². The van der Waals surface area contributed by atoms with E-state index in [-0.39, 0.29) is 11.4 Å². The molecule has 4 unspecified atom stereocenters. The van der Waals surface area contributed by atoms with Crippen molar-refractivity contribution < 1.29 is 14.3 Å². The van der Waals surface area contributed by atoms with Gasteiger partial charge in [-0.1, -0.05) is 25.5 Å². The molecule has 2 bridgehead atoms. The molecule has 0 aromatic rings. The van der Waals surface area contributed by atoms with Crippen LogP contribution in [0.1, 0.15) is 41.5 Å². The normalized spacial score (nSPS) is 36.0. The molecule has 0 spiro atoms. The predicted octanol–water partition coefficient (Wildman–Crippen LogP) is 3.71. The van der Waals surface area contributed by atoms with Crippen LogP contribution in [0.2, 0.25) is 0 Å². The summed E-state index contributed by atoms with van der Waals surface area (Å²) in [4.78, 5) is 11.2. The van der Waals surface area contributed by atoms with Gasteiger partial charge in [0, 0.05) is 18.3 Å². The molecule has 0 amide bonds. The zero-order chi connectivity index (χ0) is 15.1. The molecule has 2 rings (SSSR count). The number of rotatable bonds is 2. The standard InChI is InChI=1S/C17H26O3/c1-10(2)16-15-11(3)7-12(4)17(9-20-16,13(15)5)8-19-14(6)18/h7,12-13,15H,8-9H2,1-6H3. The van der Waals surface area contributed by atoms with Crippen LogP contribution in [0.3, 0.4) is 0 Å². The van der Waals surface area contributed by atoms with E-state index in [0.29, 0.717) is 31.0 Å². The maximum Gasteiger partial charge on any atom is 0.302 e. The van der Waals surface area contributed by atoms with E-state index in [1.807, 2.05) is 0 Å². The average molecular weight is 278 g/mol. The Hall–Kier alpha value is -1.25. The minimum absolute atomic E-state index is 0.102. The SMILES string of the molecule is CC(=O)OCC12COC(=C(C)C)C(C(C)=CC1C)C2C. The number of hydrogen-bond acceptors (Lipinski definition) is 3. The molecule has 2 aliphatic rings. The van der Waals surface area contributed by atoms with E-state index in [4.69, 9.17) is 9.47 Å². The molecule has 1 aliphatic carbocycles. The van der Waals surface area contributed by atoms with E-state index in [0.717, 1.165) is 5.76 Å². The number of ether oxygens (including phenoxy) is 2. The summed E-state index contributed by atoms with van der Waals surface area (Å²) in [6.45, 7) is 13.4. The molecule has 1 fully saturated rings. The molecular weight excluding hydrogens is 252 g/mol. The van der Waals surface area contributed by atoms with Crippen LogP contribution in [0.25, 0.3) is 0 Å². The van der Waals surface area contributed by atoms with Crippen molar-refractivity contribution >= 4 is 5.97 Å². The van der Waals surface area contributed by atoms with Crippen LogP contribution < -0.4 is 0 Å². The third-order valence-electron chi connectivity index (χ3n) is 5.13. The van der Waals surface area contributed by atoms with Gasteiger partial charge in [-0.05, 0) is 38.2 Å². The topological polar surface area (TPSA) is 35.5 Å². The Kier molecular flexibility index (Phi) is 3.99. The average Bonchev–Trinajstić information content (AvgIpc) is 2.34. The largest absolute Gasteiger partial charge is 0.497 e. The lowest BCUT2D eigenvalue weighted by atomic mass is 9.57. The van der Waals surface area contributed by atoms with E-state index >= 15 is 0 Å². The van der Waals surface area contributed by atoms with Crippen molar-refractivity contribution in [3.8, 4) is 0 Å². The van der Waals surface area contributed by atoms with Crippen molar-refractivity contribution in [2.24, 2.45) is 23.2 Å². The number of hydrogen-bond donors (Lipinski definition) is 0. The van der Waals surface area contributed by atoms with Crippen LogP contribution in [-0.4, -0.2) is 19.2 Å². The van der Waals surface area contributed by atoms with Gasteiger partial charge in [0.05, 0.1) is 6.61 Å². The van der Waals surface area contributed by atoms with Crippen molar-refractivity contribution in [2.75, 3.05) is 13.2 Å². The van der Waals surface area contributed by atoms with Crippen molar-refractivity contribution in [3.63, 3.8) is 0 Å². The van der Waals surface area contributed by atoms with Gasteiger partial charge in [-0.3, -0.25) is 4.79 Å². The Bertz CT molecular complexity index is 471. The predicted molar refractivity (Wildman–Crippen MR) is 79.0 cm³/mol. The summed E-state index contributed by atoms with van der Waals surface area (Å²) in [5.41, 5.74) is 2.51. The second kappa shape index (κ2) is 5.27. The fraction of sp³-hybridized carbons (Fsp3) is 0.706. The highest BCUT2D eigenvalue weighted by Gasteiger charge is 2.53. The molecule has 0 saturated carbocycles. The molecule has 1 heterocycles. The van der Waals surface area contributed by atoms with Gasteiger partial charge in [-0.2, -0.15) is 0 Å². The molecule has 4 atom stereocenters. The summed E-state index contributed by atoms with van der Waals surface area (Å²) in [6, 6.07) is 0. The van der Waals surface area contributed by atoms with Gasteiger partial charge in [0.1, 0.15) is 12.4 Å². The van der Waals surface area contributed by atoms with Gasteiger partial charge < -0.3 is 9.47 Å². The van der Waals surface area contributed by atoms with Crippen molar-refractivity contribution in [2.45, 2.75) is 41.5 Å². The summed E-state index contributed by atoms with van der Waals surface area (Å²) in [6.07, 6.45) is 2.33. The van der Waals surface area contributed by atoms with Gasteiger partial charge in [-0.15, -0.1) is 0 Å². The molecule has 1 saturated heterocycles. The fourth-order valence-electron chi connectivity index (χ4n) is 3.80. The monoisotopic (exact) mass is 278 g/mol. The first-order valence-corrected chi connectivity index (χ1v) is 7.41. The first-order chi connectivity index (χ1) is 9.29. The summed E-state index contributed by atoms with van der Waals surface area (Å²) in [5, 5.41) is 0. The summed E-state index contributed by atoms with van der Waals surface area (Å²) < 4.78 is 11.5. The maximum absolute atomic E-state index is 11.2. The second-order valence-electron chi connectivity index (χ2n) is 6.63. The van der Waals surface area contributed by atoms with Crippen LogP contribution in [0.15, 0.2) is 23.0 Å². The van der Waals surface area contributed by atoms with Crippen molar-refractivity contribution in [1.29, 1.82) is 0 Å². The van der Waals surface area contributed by atoms with Gasteiger partial charge in [0.25, 0.3) is 0 Å². The molecule has 3 nitrogen and oxygen atoms in total.